The van der Waals surface area contributed by atoms with E-state index in [1.54, 1.807) is 31.4 Å². The van der Waals surface area contributed by atoms with Crippen LogP contribution in [0.4, 0.5) is 0 Å². The average Bonchev–Trinajstić information content (AvgIpc) is 2.65. The fourth-order valence-corrected chi connectivity index (χ4v) is 2.89. The molecule has 0 amide bonds. The molecule has 3 rings (SSSR count). The van der Waals surface area contributed by atoms with Crippen molar-refractivity contribution in [2.75, 3.05) is 14.2 Å². The van der Waals surface area contributed by atoms with Crippen LogP contribution in [-0.4, -0.2) is 29.1 Å². The van der Waals surface area contributed by atoms with E-state index in [0.717, 1.165) is 11.1 Å². The first-order chi connectivity index (χ1) is 12.0. The minimum absolute atomic E-state index is 0.0219. The number of nitrogens with zero attached hydrogens (tertiary/aromatic N) is 2. The minimum Gasteiger partial charge on any atom is -0.497 e. The molecule has 0 aliphatic rings. The number of ether oxygens (including phenoxy) is 2. The van der Waals surface area contributed by atoms with Gasteiger partial charge in [-0.15, -0.1) is 0 Å². The number of aliphatic hydroxyl groups excluding tert-OH is 1. The van der Waals surface area contributed by atoms with E-state index < -0.39 is 6.10 Å². The number of methoxy groups -OCH3 is 2. The molecule has 3 aromatic rings. The Bertz CT molecular complexity index is 965. The Labute approximate surface area is 145 Å². The van der Waals surface area contributed by atoms with Gasteiger partial charge in [-0.25, -0.2) is 4.68 Å². The molecule has 1 heterocycles. The van der Waals surface area contributed by atoms with Crippen LogP contribution in [0, 0.1) is 6.92 Å². The highest BCUT2D eigenvalue weighted by atomic mass is 16.5. The molecule has 6 nitrogen and oxygen atoms in total. The van der Waals surface area contributed by atoms with Crippen LogP contribution in [0.2, 0.25) is 0 Å². The summed E-state index contributed by atoms with van der Waals surface area (Å²) in [5, 5.41) is 16.4. The molecule has 2 aromatic carbocycles. The fourth-order valence-electron chi connectivity index (χ4n) is 2.89. The second-order valence-corrected chi connectivity index (χ2v) is 5.74. The molecular weight excluding hydrogens is 320 g/mol. The van der Waals surface area contributed by atoms with Crippen molar-refractivity contribution in [2.24, 2.45) is 0 Å². The van der Waals surface area contributed by atoms with Crippen molar-refractivity contribution in [1.82, 2.24) is 9.78 Å². The van der Waals surface area contributed by atoms with Crippen molar-refractivity contribution in [1.29, 1.82) is 0 Å². The van der Waals surface area contributed by atoms with Crippen molar-refractivity contribution in [3.8, 4) is 11.5 Å². The molecule has 0 aliphatic carbocycles. The summed E-state index contributed by atoms with van der Waals surface area (Å²) in [4.78, 5) is 12.7. The standard InChI is InChI=1S/C19H20N2O4/c1-12-14-6-4-5-7-15(14)19(23)21(20-12)11-17(22)16-10-13(24-2)8-9-18(16)25-3/h4-10,17,22H,11H2,1-3H3/t17-/m1/s1. The first-order valence-electron chi connectivity index (χ1n) is 7.91. The van der Waals surface area contributed by atoms with Gasteiger partial charge in [-0.05, 0) is 31.2 Å². The maximum atomic E-state index is 12.7. The van der Waals surface area contributed by atoms with Gasteiger partial charge >= 0.3 is 0 Å². The molecule has 0 spiro atoms. The molecule has 0 aliphatic heterocycles. The van der Waals surface area contributed by atoms with E-state index in [4.69, 9.17) is 9.47 Å². The summed E-state index contributed by atoms with van der Waals surface area (Å²) < 4.78 is 11.8. The Morgan fingerprint density at radius 2 is 1.84 bits per heavy atom. The number of fused-ring (bicyclic) bond motifs is 1. The van der Waals surface area contributed by atoms with Crippen LogP contribution >= 0.6 is 0 Å². The average molecular weight is 340 g/mol. The number of hydrogen-bond acceptors (Lipinski definition) is 5. The van der Waals surface area contributed by atoms with Gasteiger partial charge in [0, 0.05) is 10.9 Å². The Kier molecular flexibility index (Phi) is 4.72. The highest BCUT2D eigenvalue weighted by Gasteiger charge is 2.17. The fraction of sp³-hybridized carbons (Fsp3) is 0.263. The zero-order valence-electron chi connectivity index (χ0n) is 14.4. The number of aryl methyl sites for hydroxylation is 1. The van der Waals surface area contributed by atoms with E-state index in [9.17, 15) is 9.90 Å². The van der Waals surface area contributed by atoms with Crippen molar-refractivity contribution in [3.63, 3.8) is 0 Å². The first kappa shape index (κ1) is 17.0. The third-order valence-electron chi connectivity index (χ3n) is 4.19. The molecule has 25 heavy (non-hydrogen) atoms. The summed E-state index contributed by atoms with van der Waals surface area (Å²) in [5.41, 5.74) is 1.04. The highest BCUT2D eigenvalue weighted by Crippen LogP contribution is 2.30. The molecule has 1 aromatic heterocycles. The lowest BCUT2D eigenvalue weighted by Gasteiger charge is -2.17. The van der Waals surface area contributed by atoms with Gasteiger partial charge in [0.1, 0.15) is 17.6 Å². The highest BCUT2D eigenvalue weighted by molar-refractivity contribution is 5.83. The molecule has 1 N–H and O–H groups in total. The molecule has 0 fully saturated rings. The minimum atomic E-state index is -0.962. The molecule has 0 saturated carbocycles. The van der Waals surface area contributed by atoms with Gasteiger partial charge in [0.25, 0.3) is 5.56 Å². The van der Waals surface area contributed by atoms with Crippen LogP contribution in [0.3, 0.4) is 0 Å². The molecule has 0 saturated heterocycles. The molecule has 1 atom stereocenters. The molecule has 6 heteroatoms. The predicted molar refractivity (Wildman–Crippen MR) is 95.2 cm³/mol. The number of aromatic nitrogens is 2. The van der Waals surface area contributed by atoms with Crippen LogP contribution < -0.4 is 15.0 Å². The summed E-state index contributed by atoms with van der Waals surface area (Å²) in [6.07, 6.45) is -0.962. The predicted octanol–water partition coefficient (Wildman–Crippen LogP) is 2.46. The van der Waals surface area contributed by atoms with Gasteiger partial charge in [-0.3, -0.25) is 4.79 Å². The van der Waals surface area contributed by atoms with Crippen LogP contribution in [0.15, 0.2) is 47.3 Å². The summed E-state index contributed by atoms with van der Waals surface area (Å²) in [7, 11) is 3.08. The summed E-state index contributed by atoms with van der Waals surface area (Å²) in [5.74, 6) is 1.13. The normalized spacial score (nSPS) is 12.2. The van der Waals surface area contributed by atoms with Crippen molar-refractivity contribution < 1.29 is 14.6 Å². The topological polar surface area (TPSA) is 73.6 Å². The second kappa shape index (κ2) is 6.94. The Morgan fingerprint density at radius 1 is 1.12 bits per heavy atom. The van der Waals surface area contributed by atoms with E-state index >= 15 is 0 Å². The number of aliphatic hydroxyl groups is 1. The van der Waals surface area contributed by atoms with Gasteiger partial charge < -0.3 is 14.6 Å². The zero-order valence-corrected chi connectivity index (χ0v) is 14.4. The first-order valence-corrected chi connectivity index (χ1v) is 7.91. The van der Waals surface area contributed by atoms with Crippen LogP contribution in [-0.2, 0) is 6.54 Å². The summed E-state index contributed by atoms with van der Waals surface area (Å²) in [6, 6.07) is 12.5. The summed E-state index contributed by atoms with van der Waals surface area (Å²) >= 11 is 0. The van der Waals surface area contributed by atoms with Crippen molar-refractivity contribution >= 4 is 10.8 Å². The second-order valence-electron chi connectivity index (χ2n) is 5.74. The lowest BCUT2D eigenvalue weighted by molar-refractivity contribution is 0.145. The molecule has 0 unspecified atom stereocenters. The molecule has 0 radical (unpaired) electrons. The van der Waals surface area contributed by atoms with Crippen LogP contribution in [0.5, 0.6) is 11.5 Å². The lowest BCUT2D eigenvalue weighted by Crippen LogP contribution is -2.27. The number of rotatable bonds is 5. The molecule has 0 bridgehead atoms. The molecular formula is C19H20N2O4. The smallest absolute Gasteiger partial charge is 0.274 e. The van der Waals surface area contributed by atoms with E-state index in [0.29, 0.717) is 22.4 Å². The van der Waals surface area contributed by atoms with Crippen molar-refractivity contribution in [3.05, 3.63) is 64.1 Å². The maximum absolute atomic E-state index is 12.7. The monoisotopic (exact) mass is 340 g/mol. The van der Waals surface area contributed by atoms with E-state index in [2.05, 4.69) is 5.10 Å². The number of hydrogen-bond donors (Lipinski definition) is 1. The number of benzene rings is 2. The van der Waals surface area contributed by atoms with Gasteiger partial charge in [0.2, 0.25) is 0 Å². The van der Waals surface area contributed by atoms with Gasteiger partial charge in [0.05, 0.1) is 31.8 Å². The van der Waals surface area contributed by atoms with Gasteiger partial charge in [-0.1, -0.05) is 18.2 Å². The third kappa shape index (κ3) is 3.21. The van der Waals surface area contributed by atoms with Crippen LogP contribution in [0.25, 0.3) is 10.8 Å². The maximum Gasteiger partial charge on any atom is 0.274 e. The van der Waals surface area contributed by atoms with E-state index in [-0.39, 0.29) is 12.1 Å². The largest absolute Gasteiger partial charge is 0.497 e. The van der Waals surface area contributed by atoms with E-state index in [1.807, 2.05) is 25.1 Å². The Morgan fingerprint density at radius 3 is 2.52 bits per heavy atom. The Hall–Kier alpha value is -2.86. The van der Waals surface area contributed by atoms with Gasteiger partial charge in [-0.2, -0.15) is 5.10 Å². The third-order valence-corrected chi connectivity index (χ3v) is 4.19. The summed E-state index contributed by atoms with van der Waals surface area (Å²) in [6.45, 7) is 1.87. The van der Waals surface area contributed by atoms with Crippen molar-refractivity contribution in [2.45, 2.75) is 19.6 Å². The zero-order chi connectivity index (χ0) is 18.0. The Balaban J connectivity index is 2.02. The van der Waals surface area contributed by atoms with Crippen LogP contribution in [0.1, 0.15) is 17.4 Å². The lowest BCUT2D eigenvalue weighted by atomic mass is 10.1. The van der Waals surface area contributed by atoms with Gasteiger partial charge in [0.15, 0.2) is 0 Å². The van der Waals surface area contributed by atoms with E-state index in [1.165, 1.54) is 11.8 Å². The SMILES string of the molecule is COc1ccc(OC)c([C@H](O)Cn2nc(C)c3ccccc3c2=O)c1. The quantitative estimate of drug-likeness (QED) is 0.772. The molecule has 130 valence electrons.